The Morgan fingerprint density at radius 2 is 2.36 bits per heavy atom. The quantitative estimate of drug-likeness (QED) is 0.464. The molecule has 0 saturated heterocycles. The Morgan fingerprint density at radius 1 is 1.64 bits per heavy atom. The van der Waals surface area contributed by atoms with E-state index in [0.29, 0.717) is 6.29 Å². The second kappa shape index (κ2) is 3.34. The van der Waals surface area contributed by atoms with Gasteiger partial charge in [0.25, 0.3) is 0 Å². The zero-order valence-corrected chi connectivity index (χ0v) is 6.67. The molecule has 0 amide bonds. The molecule has 0 N–H and O–H groups in total. The van der Waals surface area contributed by atoms with E-state index >= 15 is 0 Å². The van der Waals surface area contributed by atoms with E-state index in [1.807, 2.05) is 0 Å². The molecule has 0 spiro atoms. The van der Waals surface area contributed by atoms with Gasteiger partial charge >= 0.3 is 0 Å². The molecule has 1 unspecified atom stereocenters. The maximum absolute atomic E-state index is 10.8. The predicted octanol–water partition coefficient (Wildman–Crippen LogP) is 0.0265. The molecular formula is C6H6N2O2S. The maximum Gasteiger partial charge on any atom is 0.218 e. The molecule has 1 aromatic heterocycles. The van der Waals surface area contributed by atoms with Gasteiger partial charge in [-0.3, -0.25) is 9.00 Å². The summed E-state index contributed by atoms with van der Waals surface area (Å²) in [5.41, 5.74) is 0.255. The highest BCUT2D eigenvalue weighted by Gasteiger charge is 2.00. The lowest BCUT2D eigenvalue weighted by Gasteiger charge is -1.92. The SMILES string of the molecule is CS(=O)c1nccc(C=O)n1. The minimum absolute atomic E-state index is 0.189. The van der Waals surface area contributed by atoms with Crippen molar-refractivity contribution in [3.63, 3.8) is 0 Å². The second-order valence-electron chi connectivity index (χ2n) is 1.84. The maximum atomic E-state index is 10.8. The van der Waals surface area contributed by atoms with Crippen molar-refractivity contribution in [2.75, 3.05) is 6.26 Å². The Bertz CT molecular complexity index is 300. The van der Waals surface area contributed by atoms with Crippen molar-refractivity contribution in [2.24, 2.45) is 0 Å². The molecule has 1 heterocycles. The van der Waals surface area contributed by atoms with E-state index in [-0.39, 0.29) is 10.9 Å². The van der Waals surface area contributed by atoms with Gasteiger partial charge in [-0.15, -0.1) is 0 Å². The van der Waals surface area contributed by atoms with E-state index in [0.717, 1.165) is 0 Å². The van der Waals surface area contributed by atoms with E-state index in [1.54, 1.807) is 0 Å². The van der Waals surface area contributed by atoms with Gasteiger partial charge in [0.2, 0.25) is 5.16 Å². The number of carbonyl (C=O) groups is 1. The van der Waals surface area contributed by atoms with Crippen LogP contribution >= 0.6 is 0 Å². The van der Waals surface area contributed by atoms with Crippen molar-refractivity contribution in [3.8, 4) is 0 Å². The summed E-state index contributed by atoms with van der Waals surface area (Å²) >= 11 is 0. The first-order valence-corrected chi connectivity index (χ1v) is 4.41. The van der Waals surface area contributed by atoms with Crippen molar-refractivity contribution < 1.29 is 9.00 Å². The molecule has 0 bridgehead atoms. The summed E-state index contributed by atoms with van der Waals surface area (Å²) in [5, 5.41) is 0.189. The van der Waals surface area contributed by atoms with E-state index in [2.05, 4.69) is 9.97 Å². The fourth-order valence-electron chi connectivity index (χ4n) is 0.558. The lowest BCUT2D eigenvalue weighted by molar-refractivity contribution is 0.111. The minimum Gasteiger partial charge on any atom is -0.296 e. The fraction of sp³-hybridized carbons (Fsp3) is 0.167. The molecule has 1 aromatic rings. The van der Waals surface area contributed by atoms with E-state index in [9.17, 15) is 9.00 Å². The Labute approximate surface area is 66.1 Å². The molecule has 0 aliphatic carbocycles. The van der Waals surface area contributed by atoms with Crippen LogP contribution < -0.4 is 0 Å². The molecule has 4 nitrogen and oxygen atoms in total. The summed E-state index contributed by atoms with van der Waals surface area (Å²) in [5.74, 6) is 0. The molecule has 5 heteroatoms. The van der Waals surface area contributed by atoms with Gasteiger partial charge in [-0.05, 0) is 6.07 Å². The number of hydrogen-bond acceptors (Lipinski definition) is 4. The van der Waals surface area contributed by atoms with Crippen LogP contribution in [0.1, 0.15) is 10.5 Å². The molecule has 11 heavy (non-hydrogen) atoms. The van der Waals surface area contributed by atoms with Crippen LogP contribution in [0.25, 0.3) is 0 Å². The van der Waals surface area contributed by atoms with Crippen molar-refractivity contribution in [1.82, 2.24) is 9.97 Å². The third-order valence-corrected chi connectivity index (χ3v) is 1.74. The summed E-state index contributed by atoms with van der Waals surface area (Å²) in [4.78, 5) is 17.6. The molecule has 0 fully saturated rings. The van der Waals surface area contributed by atoms with Crippen LogP contribution in [-0.4, -0.2) is 26.7 Å². The molecule has 0 saturated carbocycles. The molecule has 1 rings (SSSR count). The predicted molar refractivity (Wildman–Crippen MR) is 39.8 cm³/mol. The Balaban J connectivity index is 3.10. The van der Waals surface area contributed by atoms with Crippen molar-refractivity contribution in [2.45, 2.75) is 5.16 Å². The van der Waals surface area contributed by atoms with E-state index in [4.69, 9.17) is 0 Å². The normalized spacial score (nSPS) is 12.5. The third kappa shape index (κ3) is 1.91. The summed E-state index contributed by atoms with van der Waals surface area (Å²) in [7, 11) is -1.22. The molecular weight excluding hydrogens is 164 g/mol. The summed E-state index contributed by atoms with van der Waals surface area (Å²) in [6.07, 6.45) is 3.47. The highest BCUT2D eigenvalue weighted by molar-refractivity contribution is 7.84. The summed E-state index contributed by atoms with van der Waals surface area (Å²) in [6, 6.07) is 1.46. The Hall–Kier alpha value is -1.10. The average molecular weight is 170 g/mol. The number of carbonyl (C=O) groups excluding carboxylic acids is 1. The lowest BCUT2D eigenvalue weighted by Crippen LogP contribution is -1.98. The lowest BCUT2D eigenvalue weighted by atomic mass is 10.5. The van der Waals surface area contributed by atoms with Crippen LogP contribution in [0, 0.1) is 0 Å². The van der Waals surface area contributed by atoms with Crippen molar-refractivity contribution in [3.05, 3.63) is 18.0 Å². The van der Waals surface area contributed by atoms with Gasteiger partial charge in [0.1, 0.15) is 5.69 Å². The van der Waals surface area contributed by atoms with E-state index in [1.165, 1.54) is 18.5 Å². The van der Waals surface area contributed by atoms with Crippen LogP contribution in [-0.2, 0) is 10.8 Å². The largest absolute Gasteiger partial charge is 0.296 e. The second-order valence-corrected chi connectivity index (χ2v) is 3.11. The fourth-order valence-corrected chi connectivity index (χ4v) is 1.00. The Kier molecular flexibility index (Phi) is 2.43. The zero-order valence-electron chi connectivity index (χ0n) is 5.85. The molecule has 0 aliphatic heterocycles. The van der Waals surface area contributed by atoms with E-state index < -0.39 is 10.8 Å². The van der Waals surface area contributed by atoms with Gasteiger partial charge in [-0.2, -0.15) is 0 Å². The zero-order chi connectivity index (χ0) is 8.27. The first kappa shape index (κ1) is 8.00. The van der Waals surface area contributed by atoms with Crippen molar-refractivity contribution >= 4 is 17.1 Å². The van der Waals surface area contributed by atoms with Gasteiger partial charge in [0, 0.05) is 12.5 Å². The number of aromatic nitrogens is 2. The van der Waals surface area contributed by atoms with Gasteiger partial charge < -0.3 is 0 Å². The topological polar surface area (TPSA) is 59.9 Å². The summed E-state index contributed by atoms with van der Waals surface area (Å²) in [6.45, 7) is 0. The highest BCUT2D eigenvalue weighted by Crippen LogP contribution is 1.95. The van der Waals surface area contributed by atoms with Crippen molar-refractivity contribution in [1.29, 1.82) is 0 Å². The molecule has 0 aromatic carbocycles. The third-order valence-electron chi connectivity index (χ3n) is 1.03. The van der Waals surface area contributed by atoms with Crippen LogP contribution in [0.3, 0.4) is 0 Å². The highest BCUT2D eigenvalue weighted by atomic mass is 32.2. The number of nitrogens with zero attached hydrogens (tertiary/aromatic N) is 2. The standard InChI is InChI=1S/C6H6N2O2S/c1-11(10)6-7-3-2-5(4-9)8-6/h2-4H,1H3. The van der Waals surface area contributed by atoms with Gasteiger partial charge in [0.15, 0.2) is 6.29 Å². The number of aldehydes is 1. The number of rotatable bonds is 2. The average Bonchev–Trinajstić information content (AvgIpc) is 2.05. The van der Waals surface area contributed by atoms with Crippen LogP contribution in [0.5, 0.6) is 0 Å². The van der Waals surface area contributed by atoms with Crippen LogP contribution in [0.2, 0.25) is 0 Å². The van der Waals surface area contributed by atoms with Crippen LogP contribution in [0.15, 0.2) is 17.4 Å². The smallest absolute Gasteiger partial charge is 0.218 e. The van der Waals surface area contributed by atoms with Gasteiger partial charge in [-0.25, -0.2) is 9.97 Å². The van der Waals surface area contributed by atoms with Crippen LogP contribution in [0.4, 0.5) is 0 Å². The molecule has 1 atom stereocenters. The first-order chi connectivity index (χ1) is 5.24. The molecule has 0 radical (unpaired) electrons. The summed E-state index contributed by atoms with van der Waals surface area (Å²) < 4.78 is 10.8. The first-order valence-electron chi connectivity index (χ1n) is 2.85. The molecule has 58 valence electrons. The number of hydrogen-bond donors (Lipinski definition) is 0. The van der Waals surface area contributed by atoms with Gasteiger partial charge in [-0.1, -0.05) is 0 Å². The van der Waals surface area contributed by atoms with Gasteiger partial charge in [0.05, 0.1) is 10.8 Å². The Morgan fingerprint density at radius 3 is 2.91 bits per heavy atom. The molecule has 0 aliphatic rings. The minimum atomic E-state index is -1.22. The monoisotopic (exact) mass is 170 g/mol.